The fourth-order valence-corrected chi connectivity index (χ4v) is 3.64. The number of rotatable bonds is 6. The highest BCUT2D eigenvalue weighted by Gasteiger charge is 2.19. The second-order valence-corrected chi connectivity index (χ2v) is 7.33. The van der Waals surface area contributed by atoms with Crippen molar-refractivity contribution in [2.75, 3.05) is 6.54 Å². The first-order valence-corrected chi connectivity index (χ1v) is 8.65. The third-order valence-corrected chi connectivity index (χ3v) is 4.82. The number of hydrogen-bond donors (Lipinski definition) is 1. The van der Waals surface area contributed by atoms with Crippen LogP contribution in [-0.4, -0.2) is 22.8 Å². The molecular formula is C15H18BrN3S. The third-order valence-electron chi connectivity index (χ3n) is 3.33. The van der Waals surface area contributed by atoms with Crippen LogP contribution in [-0.2, 0) is 6.42 Å². The van der Waals surface area contributed by atoms with E-state index in [0.717, 1.165) is 45.5 Å². The molecule has 2 aromatic rings. The quantitative estimate of drug-likeness (QED) is 0.800. The number of aryl methyl sites for hydroxylation is 2. The normalized spacial score (nSPS) is 14.7. The van der Waals surface area contributed by atoms with Crippen LogP contribution < -0.4 is 5.32 Å². The Bertz CT molecular complexity index is 572. The van der Waals surface area contributed by atoms with Crippen LogP contribution in [0.3, 0.4) is 0 Å². The van der Waals surface area contributed by atoms with Gasteiger partial charge >= 0.3 is 0 Å². The number of aromatic nitrogens is 2. The van der Waals surface area contributed by atoms with Gasteiger partial charge in [0.15, 0.2) is 0 Å². The summed E-state index contributed by atoms with van der Waals surface area (Å²) >= 11 is 5.24. The van der Waals surface area contributed by atoms with E-state index in [2.05, 4.69) is 56.6 Å². The zero-order valence-electron chi connectivity index (χ0n) is 11.5. The molecule has 0 unspecified atom stereocenters. The molecule has 3 rings (SSSR count). The molecule has 0 bridgehead atoms. The van der Waals surface area contributed by atoms with Gasteiger partial charge in [-0.15, -0.1) is 10.2 Å². The minimum atomic E-state index is 0.796. The smallest absolute Gasteiger partial charge is 0.147 e. The summed E-state index contributed by atoms with van der Waals surface area (Å²) in [6.45, 7) is 3.19. The van der Waals surface area contributed by atoms with Gasteiger partial charge in [0.25, 0.3) is 0 Å². The van der Waals surface area contributed by atoms with Crippen LogP contribution in [0.25, 0.3) is 10.6 Å². The number of nitrogens with zero attached hydrogens (tertiary/aromatic N) is 2. The molecule has 1 saturated carbocycles. The molecule has 1 aliphatic carbocycles. The first kappa shape index (κ1) is 14.2. The van der Waals surface area contributed by atoms with Crippen molar-refractivity contribution in [3.8, 4) is 10.6 Å². The first-order chi connectivity index (χ1) is 9.70. The van der Waals surface area contributed by atoms with Gasteiger partial charge in [-0.3, -0.25) is 0 Å². The third kappa shape index (κ3) is 3.87. The van der Waals surface area contributed by atoms with E-state index in [4.69, 9.17) is 0 Å². The molecular weight excluding hydrogens is 334 g/mol. The molecule has 0 amide bonds. The monoisotopic (exact) mass is 351 g/mol. The molecule has 3 nitrogen and oxygen atoms in total. The van der Waals surface area contributed by atoms with Gasteiger partial charge in [0, 0.05) is 22.5 Å². The van der Waals surface area contributed by atoms with Crippen molar-refractivity contribution in [2.24, 2.45) is 0 Å². The van der Waals surface area contributed by atoms with Crippen LogP contribution >= 0.6 is 27.3 Å². The lowest BCUT2D eigenvalue weighted by atomic mass is 10.1. The molecule has 0 aliphatic heterocycles. The van der Waals surface area contributed by atoms with Crippen LogP contribution in [0.5, 0.6) is 0 Å². The van der Waals surface area contributed by atoms with E-state index < -0.39 is 0 Å². The Kier molecular flexibility index (Phi) is 4.48. The molecule has 1 aromatic carbocycles. The first-order valence-electron chi connectivity index (χ1n) is 7.04. The number of benzene rings is 1. The van der Waals surface area contributed by atoms with Crippen LogP contribution in [0.1, 0.15) is 29.8 Å². The summed E-state index contributed by atoms with van der Waals surface area (Å²) < 4.78 is 1.10. The van der Waals surface area contributed by atoms with Crippen molar-refractivity contribution >= 4 is 27.3 Å². The maximum absolute atomic E-state index is 4.32. The average Bonchev–Trinajstić information content (AvgIpc) is 3.10. The summed E-state index contributed by atoms with van der Waals surface area (Å²) in [5, 5.41) is 14.3. The zero-order chi connectivity index (χ0) is 13.9. The van der Waals surface area contributed by atoms with Crippen molar-refractivity contribution in [2.45, 2.75) is 38.6 Å². The van der Waals surface area contributed by atoms with E-state index in [-0.39, 0.29) is 0 Å². The van der Waals surface area contributed by atoms with Crippen molar-refractivity contribution in [3.63, 3.8) is 0 Å². The fraction of sp³-hybridized carbons (Fsp3) is 0.467. The second-order valence-electron chi connectivity index (χ2n) is 5.35. The highest BCUT2D eigenvalue weighted by Crippen LogP contribution is 2.28. The molecule has 5 heteroatoms. The van der Waals surface area contributed by atoms with Gasteiger partial charge < -0.3 is 5.32 Å². The van der Waals surface area contributed by atoms with Gasteiger partial charge in [0.2, 0.25) is 0 Å². The number of hydrogen-bond acceptors (Lipinski definition) is 4. The Morgan fingerprint density at radius 3 is 2.90 bits per heavy atom. The van der Waals surface area contributed by atoms with E-state index in [1.165, 1.54) is 18.4 Å². The lowest BCUT2D eigenvalue weighted by Crippen LogP contribution is -2.17. The summed E-state index contributed by atoms with van der Waals surface area (Å²) in [6, 6.07) is 7.16. The summed E-state index contributed by atoms with van der Waals surface area (Å²) in [4.78, 5) is 0. The maximum atomic E-state index is 4.32. The summed E-state index contributed by atoms with van der Waals surface area (Å²) in [7, 11) is 0. The van der Waals surface area contributed by atoms with Crippen molar-refractivity contribution in [1.29, 1.82) is 0 Å². The molecule has 0 saturated heterocycles. The molecule has 1 aromatic heterocycles. The maximum Gasteiger partial charge on any atom is 0.147 e. The fourth-order valence-electron chi connectivity index (χ4n) is 2.16. The predicted octanol–water partition coefficient (Wildman–Crippen LogP) is 3.96. The molecule has 0 atom stereocenters. The summed E-state index contributed by atoms with van der Waals surface area (Å²) in [6.07, 6.45) is 4.86. The van der Waals surface area contributed by atoms with Crippen molar-refractivity contribution < 1.29 is 0 Å². The SMILES string of the molecule is Cc1cc(Br)cc(-c2nnc(CCCNC3CC3)s2)c1. The van der Waals surface area contributed by atoms with Crippen LogP contribution in [0.2, 0.25) is 0 Å². The number of halogens is 1. The summed E-state index contributed by atoms with van der Waals surface area (Å²) in [5.41, 5.74) is 2.39. The van der Waals surface area contributed by atoms with E-state index in [9.17, 15) is 0 Å². The molecule has 1 aliphatic rings. The highest BCUT2D eigenvalue weighted by molar-refractivity contribution is 9.10. The molecule has 106 valence electrons. The topological polar surface area (TPSA) is 37.8 Å². The van der Waals surface area contributed by atoms with Crippen LogP contribution in [0.15, 0.2) is 22.7 Å². The lowest BCUT2D eigenvalue weighted by Gasteiger charge is -2.00. The standard InChI is InChI=1S/C15H18BrN3S/c1-10-7-11(9-12(16)8-10)15-19-18-14(20-15)3-2-6-17-13-4-5-13/h7-9,13,17H,2-6H2,1H3. The average molecular weight is 352 g/mol. The van der Waals surface area contributed by atoms with Gasteiger partial charge in [0.1, 0.15) is 10.0 Å². The second kappa shape index (κ2) is 6.33. The molecule has 20 heavy (non-hydrogen) atoms. The lowest BCUT2D eigenvalue weighted by molar-refractivity contribution is 0.643. The van der Waals surface area contributed by atoms with Gasteiger partial charge in [0.05, 0.1) is 0 Å². The van der Waals surface area contributed by atoms with Crippen molar-refractivity contribution in [3.05, 3.63) is 33.2 Å². The Labute approximate surface area is 132 Å². The Balaban J connectivity index is 1.60. The van der Waals surface area contributed by atoms with E-state index >= 15 is 0 Å². The van der Waals surface area contributed by atoms with E-state index in [1.807, 2.05) is 0 Å². The van der Waals surface area contributed by atoms with E-state index in [0.29, 0.717) is 0 Å². The van der Waals surface area contributed by atoms with Crippen LogP contribution in [0, 0.1) is 6.92 Å². The summed E-state index contributed by atoms with van der Waals surface area (Å²) in [5.74, 6) is 0. The predicted molar refractivity (Wildman–Crippen MR) is 87.1 cm³/mol. The van der Waals surface area contributed by atoms with Gasteiger partial charge in [-0.05, 0) is 56.5 Å². The Morgan fingerprint density at radius 2 is 2.15 bits per heavy atom. The molecule has 0 radical (unpaired) electrons. The molecule has 0 spiro atoms. The van der Waals surface area contributed by atoms with Gasteiger partial charge in [-0.1, -0.05) is 27.3 Å². The van der Waals surface area contributed by atoms with Gasteiger partial charge in [-0.25, -0.2) is 0 Å². The van der Waals surface area contributed by atoms with Crippen LogP contribution in [0.4, 0.5) is 0 Å². The van der Waals surface area contributed by atoms with E-state index in [1.54, 1.807) is 11.3 Å². The Hall–Kier alpha value is -0.780. The van der Waals surface area contributed by atoms with Crippen molar-refractivity contribution in [1.82, 2.24) is 15.5 Å². The minimum Gasteiger partial charge on any atom is -0.314 e. The molecule has 1 fully saturated rings. The highest BCUT2D eigenvalue weighted by atomic mass is 79.9. The van der Waals surface area contributed by atoms with Gasteiger partial charge in [-0.2, -0.15) is 0 Å². The molecule has 1 N–H and O–H groups in total. The minimum absolute atomic E-state index is 0.796. The molecule has 1 heterocycles. The largest absolute Gasteiger partial charge is 0.314 e. The zero-order valence-corrected chi connectivity index (χ0v) is 13.9. The Morgan fingerprint density at radius 1 is 1.30 bits per heavy atom. The number of nitrogens with one attached hydrogen (secondary N) is 1.